The average molecular weight is 230 g/mol. The zero-order valence-corrected chi connectivity index (χ0v) is 9.67. The highest BCUT2D eigenvalue weighted by atomic mass is 16.6. The molecule has 1 aromatic carbocycles. The second-order valence-electron chi connectivity index (χ2n) is 3.89. The van der Waals surface area contributed by atoms with E-state index in [2.05, 4.69) is 11.5 Å². The summed E-state index contributed by atoms with van der Waals surface area (Å²) in [6.45, 7) is 3.08. The van der Waals surface area contributed by atoms with E-state index in [1.807, 2.05) is 18.3 Å². The van der Waals surface area contributed by atoms with Crippen molar-refractivity contribution in [2.75, 3.05) is 0 Å². The van der Waals surface area contributed by atoms with Gasteiger partial charge in [-0.25, -0.2) is 0 Å². The molecule has 0 radical (unpaired) electrons. The van der Waals surface area contributed by atoms with Crippen molar-refractivity contribution >= 4 is 5.69 Å². The number of hydrogen-bond acceptors (Lipinski definition) is 2. The molecule has 2 rings (SSSR count). The summed E-state index contributed by atoms with van der Waals surface area (Å²) >= 11 is 0. The molecule has 0 fully saturated rings. The Morgan fingerprint density at radius 2 is 1.94 bits per heavy atom. The third kappa shape index (κ3) is 2.36. The number of hydrogen-bond donors (Lipinski definition) is 0. The zero-order valence-electron chi connectivity index (χ0n) is 9.67. The number of aryl methyl sites for hydroxylation is 1. The van der Waals surface area contributed by atoms with Crippen LogP contribution in [0.2, 0.25) is 0 Å². The van der Waals surface area contributed by atoms with Gasteiger partial charge in [-0.2, -0.15) is 0 Å². The molecule has 1 heterocycles. The SMILES string of the molecule is CCCn1cccc1-c1ccc([N+](=O)[O-])cc1. The van der Waals surface area contributed by atoms with Crippen LogP contribution in [0.5, 0.6) is 0 Å². The Morgan fingerprint density at radius 1 is 1.24 bits per heavy atom. The van der Waals surface area contributed by atoms with Gasteiger partial charge in [0.25, 0.3) is 5.69 Å². The van der Waals surface area contributed by atoms with Crippen molar-refractivity contribution < 1.29 is 4.92 Å². The number of nitro groups is 1. The Balaban J connectivity index is 2.33. The highest BCUT2D eigenvalue weighted by Gasteiger charge is 2.07. The van der Waals surface area contributed by atoms with Crippen molar-refractivity contribution in [1.29, 1.82) is 0 Å². The van der Waals surface area contributed by atoms with Gasteiger partial charge in [0, 0.05) is 30.6 Å². The van der Waals surface area contributed by atoms with Crippen molar-refractivity contribution in [3.63, 3.8) is 0 Å². The van der Waals surface area contributed by atoms with Crippen LogP contribution in [0.4, 0.5) is 5.69 Å². The molecule has 0 atom stereocenters. The number of non-ortho nitro benzene ring substituents is 1. The molecule has 4 nitrogen and oxygen atoms in total. The lowest BCUT2D eigenvalue weighted by Crippen LogP contribution is -1.97. The van der Waals surface area contributed by atoms with E-state index >= 15 is 0 Å². The van der Waals surface area contributed by atoms with Crippen LogP contribution in [0.25, 0.3) is 11.3 Å². The molecule has 88 valence electrons. The summed E-state index contributed by atoms with van der Waals surface area (Å²) in [6.07, 6.45) is 3.09. The van der Waals surface area contributed by atoms with Crippen LogP contribution < -0.4 is 0 Å². The summed E-state index contributed by atoms with van der Waals surface area (Å²) in [5, 5.41) is 10.6. The minimum atomic E-state index is -0.380. The van der Waals surface area contributed by atoms with E-state index in [9.17, 15) is 10.1 Å². The molecule has 0 spiro atoms. The number of nitrogens with zero attached hydrogens (tertiary/aromatic N) is 2. The lowest BCUT2D eigenvalue weighted by atomic mass is 10.1. The van der Waals surface area contributed by atoms with Crippen molar-refractivity contribution in [2.24, 2.45) is 0 Å². The fourth-order valence-electron chi connectivity index (χ4n) is 1.87. The van der Waals surface area contributed by atoms with E-state index in [1.54, 1.807) is 24.3 Å². The third-order valence-corrected chi connectivity index (χ3v) is 2.67. The Hall–Kier alpha value is -2.10. The van der Waals surface area contributed by atoms with Crippen molar-refractivity contribution in [2.45, 2.75) is 19.9 Å². The normalized spacial score (nSPS) is 10.4. The Morgan fingerprint density at radius 3 is 2.53 bits per heavy atom. The molecule has 0 aliphatic rings. The first kappa shape index (κ1) is 11.4. The molecule has 0 amide bonds. The maximum Gasteiger partial charge on any atom is 0.269 e. The van der Waals surface area contributed by atoms with Crippen molar-refractivity contribution in [3.05, 3.63) is 52.7 Å². The second kappa shape index (κ2) is 4.82. The molecule has 0 saturated carbocycles. The molecule has 0 N–H and O–H groups in total. The van der Waals surface area contributed by atoms with E-state index in [0.717, 1.165) is 24.2 Å². The summed E-state index contributed by atoms with van der Waals surface area (Å²) in [4.78, 5) is 10.2. The fourth-order valence-corrected chi connectivity index (χ4v) is 1.87. The van der Waals surface area contributed by atoms with E-state index in [4.69, 9.17) is 0 Å². The predicted molar refractivity (Wildman–Crippen MR) is 66.8 cm³/mol. The first-order valence-electron chi connectivity index (χ1n) is 5.62. The summed E-state index contributed by atoms with van der Waals surface area (Å²) in [5.74, 6) is 0. The van der Waals surface area contributed by atoms with E-state index < -0.39 is 0 Å². The lowest BCUT2D eigenvalue weighted by molar-refractivity contribution is -0.384. The van der Waals surface area contributed by atoms with Gasteiger partial charge < -0.3 is 4.57 Å². The maximum atomic E-state index is 10.6. The van der Waals surface area contributed by atoms with Gasteiger partial charge in [0.15, 0.2) is 0 Å². The summed E-state index contributed by atoms with van der Waals surface area (Å²) in [5.41, 5.74) is 2.23. The van der Waals surface area contributed by atoms with Gasteiger partial charge in [-0.05, 0) is 36.2 Å². The van der Waals surface area contributed by atoms with Crippen molar-refractivity contribution in [3.8, 4) is 11.3 Å². The molecule has 0 aliphatic carbocycles. The molecule has 0 bridgehead atoms. The second-order valence-corrected chi connectivity index (χ2v) is 3.89. The minimum Gasteiger partial charge on any atom is -0.348 e. The van der Waals surface area contributed by atoms with Crippen LogP contribution in [-0.4, -0.2) is 9.49 Å². The van der Waals surface area contributed by atoms with Gasteiger partial charge in [0.1, 0.15) is 0 Å². The van der Waals surface area contributed by atoms with Gasteiger partial charge in [-0.1, -0.05) is 6.92 Å². The smallest absolute Gasteiger partial charge is 0.269 e. The van der Waals surface area contributed by atoms with E-state index in [-0.39, 0.29) is 10.6 Å². The number of rotatable bonds is 4. The highest BCUT2D eigenvalue weighted by Crippen LogP contribution is 2.23. The molecule has 2 aromatic rings. The van der Waals surface area contributed by atoms with Crippen LogP contribution in [0.3, 0.4) is 0 Å². The van der Waals surface area contributed by atoms with E-state index in [1.165, 1.54) is 0 Å². The molecule has 4 heteroatoms. The molecule has 17 heavy (non-hydrogen) atoms. The van der Waals surface area contributed by atoms with Crippen LogP contribution in [0, 0.1) is 10.1 Å². The monoisotopic (exact) mass is 230 g/mol. The number of benzene rings is 1. The molecule has 0 aliphatic heterocycles. The third-order valence-electron chi connectivity index (χ3n) is 2.67. The Kier molecular flexibility index (Phi) is 3.23. The highest BCUT2D eigenvalue weighted by molar-refractivity contribution is 5.61. The van der Waals surface area contributed by atoms with Gasteiger partial charge in [0.2, 0.25) is 0 Å². The molecular formula is C13H14N2O2. The molecule has 1 aromatic heterocycles. The summed E-state index contributed by atoms with van der Waals surface area (Å²) in [6, 6.07) is 10.7. The zero-order chi connectivity index (χ0) is 12.3. The first-order chi connectivity index (χ1) is 8.22. The largest absolute Gasteiger partial charge is 0.348 e. The molecular weight excluding hydrogens is 216 g/mol. The number of aromatic nitrogens is 1. The van der Waals surface area contributed by atoms with Gasteiger partial charge >= 0.3 is 0 Å². The fraction of sp³-hybridized carbons (Fsp3) is 0.231. The standard InChI is InChI=1S/C13H14N2O2/c1-2-9-14-10-3-4-13(14)11-5-7-12(8-6-11)15(16)17/h3-8,10H,2,9H2,1H3. The predicted octanol–water partition coefficient (Wildman–Crippen LogP) is 3.47. The number of nitro benzene ring substituents is 1. The quantitative estimate of drug-likeness (QED) is 0.596. The average Bonchev–Trinajstić information content (AvgIpc) is 2.78. The molecule has 0 unspecified atom stereocenters. The van der Waals surface area contributed by atoms with Crippen LogP contribution in [-0.2, 0) is 6.54 Å². The van der Waals surface area contributed by atoms with Crippen LogP contribution in [0.1, 0.15) is 13.3 Å². The van der Waals surface area contributed by atoms with E-state index in [0.29, 0.717) is 0 Å². The van der Waals surface area contributed by atoms with Crippen LogP contribution in [0.15, 0.2) is 42.6 Å². The maximum absolute atomic E-state index is 10.6. The summed E-state index contributed by atoms with van der Waals surface area (Å²) in [7, 11) is 0. The van der Waals surface area contributed by atoms with Gasteiger partial charge in [-0.15, -0.1) is 0 Å². The topological polar surface area (TPSA) is 48.1 Å². The minimum absolute atomic E-state index is 0.127. The van der Waals surface area contributed by atoms with Crippen molar-refractivity contribution in [1.82, 2.24) is 4.57 Å². The Labute approximate surface area is 99.7 Å². The van der Waals surface area contributed by atoms with Crippen LogP contribution >= 0.6 is 0 Å². The Bertz CT molecular complexity index is 514. The van der Waals surface area contributed by atoms with Gasteiger partial charge in [0.05, 0.1) is 4.92 Å². The first-order valence-corrected chi connectivity index (χ1v) is 5.62. The lowest BCUT2D eigenvalue weighted by Gasteiger charge is -2.07. The van der Waals surface area contributed by atoms with Gasteiger partial charge in [-0.3, -0.25) is 10.1 Å². The molecule has 0 saturated heterocycles. The summed E-state index contributed by atoms with van der Waals surface area (Å²) < 4.78 is 2.15.